The Morgan fingerprint density at radius 2 is 2.14 bits per heavy atom. The molecule has 0 N–H and O–H groups in total. The minimum atomic E-state index is 0.507. The van der Waals surface area contributed by atoms with Crippen LogP contribution in [0.25, 0.3) is 0 Å². The second-order valence-corrected chi connectivity index (χ2v) is 3.36. The number of halogens is 1. The molecule has 74 valence electrons. The van der Waals surface area contributed by atoms with Gasteiger partial charge < -0.3 is 4.90 Å². The van der Waals surface area contributed by atoms with Crippen LogP contribution in [0.4, 0.5) is 5.69 Å². The maximum absolute atomic E-state index is 8.49. The predicted octanol–water partition coefficient (Wildman–Crippen LogP) is 2.78. The van der Waals surface area contributed by atoms with Crippen LogP contribution in [0.3, 0.4) is 0 Å². The summed E-state index contributed by atoms with van der Waals surface area (Å²) in [6.07, 6.45) is 0.535. The Labute approximate surface area is 89.7 Å². The van der Waals surface area contributed by atoms with Crippen LogP contribution in [0, 0.1) is 11.3 Å². The van der Waals surface area contributed by atoms with Gasteiger partial charge in [-0.2, -0.15) is 5.26 Å². The number of hydrogen-bond acceptors (Lipinski definition) is 2. The zero-order chi connectivity index (χ0) is 10.4. The van der Waals surface area contributed by atoms with Gasteiger partial charge in [-0.1, -0.05) is 18.2 Å². The van der Waals surface area contributed by atoms with E-state index in [0.29, 0.717) is 12.3 Å². The molecule has 0 atom stereocenters. The average molecular weight is 209 g/mol. The first-order valence-corrected chi connectivity index (χ1v) is 5.05. The number of nitriles is 1. The highest BCUT2D eigenvalue weighted by molar-refractivity contribution is 6.17. The molecule has 1 rings (SSSR count). The number of rotatable bonds is 4. The molecule has 0 amide bonds. The van der Waals surface area contributed by atoms with Crippen molar-refractivity contribution in [3.8, 4) is 6.07 Å². The van der Waals surface area contributed by atoms with E-state index < -0.39 is 0 Å². The van der Waals surface area contributed by atoms with Gasteiger partial charge in [-0.05, 0) is 11.6 Å². The van der Waals surface area contributed by atoms with Gasteiger partial charge in [-0.3, -0.25) is 0 Å². The van der Waals surface area contributed by atoms with Gasteiger partial charge in [0.1, 0.15) is 0 Å². The largest absolute Gasteiger partial charge is 0.373 e. The lowest BCUT2D eigenvalue weighted by Gasteiger charge is -2.20. The molecule has 0 spiro atoms. The van der Waals surface area contributed by atoms with Crippen LogP contribution in [0.1, 0.15) is 12.0 Å². The minimum Gasteiger partial charge on any atom is -0.373 e. The monoisotopic (exact) mass is 208 g/mol. The molecule has 1 aromatic carbocycles. The average Bonchev–Trinajstić information content (AvgIpc) is 2.25. The quantitative estimate of drug-likeness (QED) is 0.712. The van der Waals surface area contributed by atoms with Gasteiger partial charge >= 0.3 is 0 Å². The lowest BCUT2D eigenvalue weighted by Crippen LogP contribution is -2.19. The SMILES string of the molecule is CN(CCC#N)c1ccccc1CCl. The highest BCUT2D eigenvalue weighted by Crippen LogP contribution is 2.20. The van der Waals surface area contributed by atoms with Gasteiger partial charge in [-0.15, -0.1) is 11.6 Å². The van der Waals surface area contributed by atoms with Gasteiger partial charge in [0.05, 0.1) is 12.5 Å². The molecule has 0 saturated carbocycles. The summed E-state index contributed by atoms with van der Waals surface area (Å²) in [4.78, 5) is 2.06. The summed E-state index contributed by atoms with van der Waals surface area (Å²) in [6, 6.07) is 10.1. The van der Waals surface area contributed by atoms with E-state index in [1.54, 1.807) is 0 Å². The third-order valence-corrected chi connectivity index (χ3v) is 2.39. The molecule has 0 unspecified atom stereocenters. The molecule has 3 heteroatoms. The van der Waals surface area contributed by atoms with Crippen molar-refractivity contribution < 1.29 is 0 Å². The van der Waals surface area contributed by atoms with Crippen molar-refractivity contribution in [1.82, 2.24) is 0 Å². The molecular weight excluding hydrogens is 196 g/mol. The van der Waals surface area contributed by atoms with Crippen molar-refractivity contribution in [3.05, 3.63) is 29.8 Å². The first kappa shape index (κ1) is 10.9. The Morgan fingerprint density at radius 3 is 2.79 bits per heavy atom. The first-order valence-electron chi connectivity index (χ1n) is 4.51. The fourth-order valence-electron chi connectivity index (χ4n) is 1.33. The van der Waals surface area contributed by atoms with Crippen LogP contribution in [-0.4, -0.2) is 13.6 Å². The van der Waals surface area contributed by atoms with Crippen molar-refractivity contribution in [2.75, 3.05) is 18.5 Å². The number of alkyl halides is 1. The molecule has 0 bridgehead atoms. The van der Waals surface area contributed by atoms with Gasteiger partial charge in [0.25, 0.3) is 0 Å². The fourth-order valence-corrected chi connectivity index (χ4v) is 1.56. The summed E-state index contributed by atoms with van der Waals surface area (Å²) >= 11 is 5.82. The molecule has 0 radical (unpaired) electrons. The molecule has 0 fully saturated rings. The van der Waals surface area contributed by atoms with Crippen molar-refractivity contribution in [3.63, 3.8) is 0 Å². The van der Waals surface area contributed by atoms with Crippen molar-refractivity contribution in [1.29, 1.82) is 5.26 Å². The van der Waals surface area contributed by atoms with E-state index in [-0.39, 0.29) is 0 Å². The van der Waals surface area contributed by atoms with Crippen LogP contribution in [0.2, 0.25) is 0 Å². The topological polar surface area (TPSA) is 27.0 Å². The zero-order valence-corrected chi connectivity index (χ0v) is 8.96. The van der Waals surface area contributed by atoms with Crippen LogP contribution in [0.5, 0.6) is 0 Å². The molecule has 2 nitrogen and oxygen atoms in total. The summed E-state index contributed by atoms with van der Waals surface area (Å²) in [6.45, 7) is 0.740. The van der Waals surface area contributed by atoms with E-state index >= 15 is 0 Å². The minimum absolute atomic E-state index is 0.507. The van der Waals surface area contributed by atoms with Gasteiger partial charge in [0, 0.05) is 25.2 Å². The van der Waals surface area contributed by atoms with E-state index in [1.807, 2.05) is 31.3 Å². The van der Waals surface area contributed by atoms with Crippen LogP contribution < -0.4 is 4.90 Å². The number of benzene rings is 1. The number of hydrogen-bond donors (Lipinski definition) is 0. The molecular formula is C11H13ClN2. The van der Waals surface area contributed by atoms with E-state index in [1.165, 1.54) is 0 Å². The lowest BCUT2D eigenvalue weighted by atomic mass is 10.2. The Morgan fingerprint density at radius 1 is 1.43 bits per heavy atom. The lowest BCUT2D eigenvalue weighted by molar-refractivity contribution is 0.900. The molecule has 0 heterocycles. The maximum Gasteiger partial charge on any atom is 0.0640 e. The second kappa shape index (κ2) is 5.51. The molecule has 0 aliphatic heterocycles. The summed E-state index contributed by atoms with van der Waals surface area (Å²) in [7, 11) is 1.97. The van der Waals surface area contributed by atoms with E-state index in [2.05, 4.69) is 11.0 Å². The van der Waals surface area contributed by atoms with Crippen LogP contribution in [0.15, 0.2) is 24.3 Å². The summed E-state index contributed by atoms with van der Waals surface area (Å²) < 4.78 is 0. The van der Waals surface area contributed by atoms with E-state index in [4.69, 9.17) is 16.9 Å². The fraction of sp³-hybridized carbons (Fsp3) is 0.364. The molecule has 0 saturated heterocycles. The standard InChI is InChI=1S/C11H13ClN2/c1-14(8-4-7-13)11-6-3-2-5-10(11)9-12/h2-3,5-6H,4,8-9H2,1H3. The smallest absolute Gasteiger partial charge is 0.0640 e. The number of anilines is 1. The van der Waals surface area contributed by atoms with Crippen molar-refractivity contribution in [2.24, 2.45) is 0 Å². The third kappa shape index (κ3) is 2.65. The van der Waals surface area contributed by atoms with Gasteiger partial charge in [0.2, 0.25) is 0 Å². The normalized spacial score (nSPS) is 9.50. The third-order valence-electron chi connectivity index (χ3n) is 2.11. The van der Waals surface area contributed by atoms with Crippen molar-refractivity contribution in [2.45, 2.75) is 12.3 Å². The zero-order valence-electron chi connectivity index (χ0n) is 8.20. The molecule has 14 heavy (non-hydrogen) atoms. The molecule has 1 aromatic rings. The molecule has 0 aromatic heterocycles. The highest BCUT2D eigenvalue weighted by Gasteiger charge is 2.04. The van der Waals surface area contributed by atoms with Gasteiger partial charge in [-0.25, -0.2) is 0 Å². The predicted molar refractivity (Wildman–Crippen MR) is 59.5 cm³/mol. The Kier molecular flexibility index (Phi) is 4.28. The first-order chi connectivity index (χ1) is 6.79. The Hall–Kier alpha value is -1.20. The van der Waals surface area contributed by atoms with E-state index in [0.717, 1.165) is 17.8 Å². The second-order valence-electron chi connectivity index (χ2n) is 3.09. The van der Waals surface area contributed by atoms with Gasteiger partial charge in [0.15, 0.2) is 0 Å². The summed E-state index contributed by atoms with van der Waals surface area (Å²) in [5.41, 5.74) is 2.22. The highest BCUT2D eigenvalue weighted by atomic mass is 35.5. The Balaban J connectivity index is 2.78. The van der Waals surface area contributed by atoms with E-state index in [9.17, 15) is 0 Å². The molecule has 0 aliphatic carbocycles. The van der Waals surface area contributed by atoms with Crippen molar-refractivity contribution >= 4 is 17.3 Å². The summed E-state index contributed by atoms with van der Waals surface area (Å²) in [5, 5.41) is 8.49. The number of nitrogens with zero attached hydrogens (tertiary/aromatic N) is 2. The number of para-hydroxylation sites is 1. The summed E-state index contributed by atoms with van der Waals surface area (Å²) in [5.74, 6) is 0.507. The Bertz CT molecular complexity index is 330. The molecule has 0 aliphatic rings. The maximum atomic E-state index is 8.49. The van der Waals surface area contributed by atoms with Crippen LogP contribution in [-0.2, 0) is 5.88 Å². The van der Waals surface area contributed by atoms with Crippen LogP contribution >= 0.6 is 11.6 Å².